The number of hydrogen-bond acceptors (Lipinski definition) is 6. The van der Waals surface area contributed by atoms with Crippen LogP contribution in [0.1, 0.15) is 12.5 Å². The molecule has 0 aliphatic carbocycles. The molecule has 2 atom stereocenters. The maximum atomic E-state index is 12.4. The van der Waals surface area contributed by atoms with Gasteiger partial charge in [-0.25, -0.2) is 4.79 Å². The normalized spacial score (nSPS) is 23.3. The summed E-state index contributed by atoms with van der Waals surface area (Å²) in [4.78, 5) is 25.8. The van der Waals surface area contributed by atoms with Crippen molar-refractivity contribution in [3.63, 3.8) is 0 Å². The number of benzene rings is 1. The van der Waals surface area contributed by atoms with E-state index in [1.54, 1.807) is 31.0 Å². The highest BCUT2D eigenvalue weighted by Gasteiger charge is 2.51. The Balaban J connectivity index is 1.68. The highest BCUT2D eigenvalue weighted by molar-refractivity contribution is 8.00. The molecular formula is C16H18N2O4S. The van der Waals surface area contributed by atoms with Crippen molar-refractivity contribution in [2.75, 3.05) is 12.9 Å². The van der Waals surface area contributed by atoms with Gasteiger partial charge in [-0.2, -0.15) is 0 Å². The topological polar surface area (TPSA) is 81.9 Å². The van der Waals surface area contributed by atoms with Crippen LogP contribution in [0.4, 0.5) is 0 Å². The van der Waals surface area contributed by atoms with Gasteiger partial charge in [0.15, 0.2) is 0 Å². The molecule has 1 aromatic rings. The van der Waals surface area contributed by atoms with Crippen LogP contribution >= 0.6 is 11.8 Å². The van der Waals surface area contributed by atoms with Gasteiger partial charge in [-0.1, -0.05) is 12.1 Å². The Morgan fingerprint density at radius 1 is 1.39 bits per heavy atom. The second-order valence-corrected chi connectivity index (χ2v) is 6.59. The molecule has 1 fully saturated rings. The van der Waals surface area contributed by atoms with E-state index < -0.39 is 12.0 Å². The predicted molar refractivity (Wildman–Crippen MR) is 86.6 cm³/mol. The molecule has 0 saturated carbocycles. The average molecular weight is 334 g/mol. The number of fused-ring (bicyclic) bond motifs is 1. The molecule has 0 bridgehead atoms. The minimum absolute atomic E-state index is 0.144. The summed E-state index contributed by atoms with van der Waals surface area (Å²) in [7, 11) is 1.59. The van der Waals surface area contributed by atoms with Gasteiger partial charge in [-0.3, -0.25) is 9.69 Å². The molecule has 122 valence electrons. The lowest BCUT2D eigenvalue weighted by atomic mass is 10.0. The Hall–Kier alpha value is -1.99. The zero-order chi connectivity index (χ0) is 16.6. The summed E-state index contributed by atoms with van der Waals surface area (Å²) in [5.74, 6) is 0.711. The van der Waals surface area contributed by atoms with Gasteiger partial charge < -0.3 is 15.2 Å². The van der Waals surface area contributed by atoms with Crippen LogP contribution < -0.4 is 10.5 Å². The van der Waals surface area contributed by atoms with Crippen molar-refractivity contribution in [1.29, 1.82) is 0 Å². The molecule has 2 N–H and O–H groups in total. The zero-order valence-corrected chi connectivity index (χ0v) is 13.8. The first-order valence-electron chi connectivity index (χ1n) is 7.23. The monoisotopic (exact) mass is 334 g/mol. The molecule has 0 aromatic heterocycles. The molecule has 2 aliphatic heterocycles. The number of thioether (sulfide) groups is 1. The van der Waals surface area contributed by atoms with E-state index >= 15 is 0 Å². The van der Waals surface area contributed by atoms with E-state index in [1.807, 2.05) is 19.1 Å². The number of amides is 1. The van der Waals surface area contributed by atoms with E-state index in [0.717, 1.165) is 16.9 Å². The fraction of sp³-hybridized carbons (Fsp3) is 0.375. The lowest BCUT2D eigenvalue weighted by Crippen LogP contribution is -2.68. The van der Waals surface area contributed by atoms with Crippen LogP contribution in [-0.2, 0) is 20.9 Å². The minimum atomic E-state index is -0.530. The summed E-state index contributed by atoms with van der Waals surface area (Å²) in [5, 5.41) is -0.158. The lowest BCUT2D eigenvalue weighted by molar-refractivity contribution is -0.151. The third-order valence-electron chi connectivity index (χ3n) is 3.92. The molecule has 1 amide bonds. The summed E-state index contributed by atoms with van der Waals surface area (Å²) in [6, 6.07) is 6.74. The van der Waals surface area contributed by atoms with Crippen molar-refractivity contribution < 1.29 is 19.1 Å². The standard InChI is InChI=1S/C16H18N2O4S/c1-9-8-23-15-12(17)14(19)18(15)13(9)16(20)22-7-10-3-5-11(21-2)6-4-10/h3-6,12,15H,7-8,17H2,1-2H3/t12?,15-/m0/s1. The summed E-state index contributed by atoms with van der Waals surface area (Å²) in [6.45, 7) is 1.98. The highest BCUT2D eigenvalue weighted by atomic mass is 32.2. The molecule has 0 radical (unpaired) electrons. The smallest absolute Gasteiger partial charge is 0.355 e. The van der Waals surface area contributed by atoms with E-state index in [1.165, 1.54) is 4.90 Å². The van der Waals surface area contributed by atoms with E-state index in [4.69, 9.17) is 15.2 Å². The van der Waals surface area contributed by atoms with Crippen molar-refractivity contribution in [3.05, 3.63) is 41.1 Å². The molecule has 3 rings (SSSR count). The predicted octanol–water partition coefficient (Wildman–Crippen LogP) is 1.25. The first kappa shape index (κ1) is 15.9. The summed E-state index contributed by atoms with van der Waals surface area (Å²) >= 11 is 1.57. The van der Waals surface area contributed by atoms with Gasteiger partial charge in [-0.05, 0) is 30.2 Å². The van der Waals surface area contributed by atoms with Crippen molar-refractivity contribution in [1.82, 2.24) is 4.90 Å². The number of ether oxygens (including phenoxy) is 2. The Kier molecular flexibility index (Phi) is 4.32. The average Bonchev–Trinajstić information content (AvgIpc) is 2.59. The Labute approximate surface area is 138 Å². The minimum Gasteiger partial charge on any atom is -0.497 e. The Morgan fingerprint density at radius 3 is 2.74 bits per heavy atom. The molecule has 6 nitrogen and oxygen atoms in total. The van der Waals surface area contributed by atoms with Crippen LogP contribution in [0.15, 0.2) is 35.5 Å². The number of β-lactam (4-membered cyclic amide) rings is 1. The number of methoxy groups -OCH3 is 1. The molecule has 1 saturated heterocycles. The van der Waals surface area contributed by atoms with Crippen molar-refractivity contribution in [2.45, 2.75) is 24.9 Å². The molecule has 23 heavy (non-hydrogen) atoms. The Bertz CT molecular complexity index is 671. The van der Waals surface area contributed by atoms with Crippen LogP contribution in [0.3, 0.4) is 0 Å². The molecule has 2 heterocycles. The van der Waals surface area contributed by atoms with Gasteiger partial charge in [0.1, 0.15) is 29.5 Å². The summed E-state index contributed by atoms with van der Waals surface area (Å²) < 4.78 is 10.5. The molecule has 1 unspecified atom stereocenters. The quantitative estimate of drug-likeness (QED) is 0.659. The fourth-order valence-corrected chi connectivity index (χ4v) is 3.84. The van der Waals surface area contributed by atoms with Gasteiger partial charge >= 0.3 is 5.97 Å². The van der Waals surface area contributed by atoms with E-state index in [-0.39, 0.29) is 17.9 Å². The first-order chi connectivity index (χ1) is 11.0. The van der Waals surface area contributed by atoms with Gasteiger partial charge in [0, 0.05) is 5.75 Å². The van der Waals surface area contributed by atoms with E-state index in [9.17, 15) is 9.59 Å². The van der Waals surface area contributed by atoms with Crippen LogP contribution in [0, 0.1) is 0 Å². The van der Waals surface area contributed by atoms with Crippen molar-refractivity contribution in [2.24, 2.45) is 5.73 Å². The van der Waals surface area contributed by atoms with E-state index in [0.29, 0.717) is 11.4 Å². The lowest BCUT2D eigenvalue weighted by Gasteiger charge is -2.48. The molecule has 2 aliphatic rings. The SMILES string of the molecule is COc1ccc(COC(=O)C2=C(C)CS[C@H]3C(N)C(=O)N23)cc1. The van der Waals surface area contributed by atoms with Gasteiger partial charge in [0.2, 0.25) is 5.91 Å². The van der Waals surface area contributed by atoms with Gasteiger partial charge in [0.25, 0.3) is 0 Å². The number of carbonyl (C=O) groups excluding carboxylic acids is 2. The number of nitrogens with two attached hydrogens (primary N) is 1. The maximum absolute atomic E-state index is 12.4. The van der Waals surface area contributed by atoms with Crippen LogP contribution in [-0.4, -0.2) is 41.1 Å². The summed E-state index contributed by atoms with van der Waals surface area (Å²) in [6.07, 6.45) is 0. The Morgan fingerprint density at radius 2 is 2.09 bits per heavy atom. The molecule has 7 heteroatoms. The number of nitrogens with zero attached hydrogens (tertiary/aromatic N) is 1. The van der Waals surface area contributed by atoms with Gasteiger partial charge in [-0.15, -0.1) is 11.8 Å². The largest absolute Gasteiger partial charge is 0.497 e. The van der Waals surface area contributed by atoms with Crippen LogP contribution in [0.25, 0.3) is 0 Å². The first-order valence-corrected chi connectivity index (χ1v) is 8.28. The van der Waals surface area contributed by atoms with E-state index in [2.05, 4.69) is 0 Å². The van der Waals surface area contributed by atoms with Crippen LogP contribution in [0.2, 0.25) is 0 Å². The highest BCUT2D eigenvalue weighted by Crippen LogP contribution is 2.39. The second-order valence-electron chi connectivity index (χ2n) is 5.49. The third kappa shape index (κ3) is 2.82. The fourth-order valence-electron chi connectivity index (χ4n) is 2.60. The number of carbonyl (C=O) groups is 2. The number of esters is 1. The maximum Gasteiger partial charge on any atom is 0.355 e. The third-order valence-corrected chi connectivity index (χ3v) is 5.37. The van der Waals surface area contributed by atoms with Gasteiger partial charge in [0.05, 0.1) is 7.11 Å². The molecular weight excluding hydrogens is 316 g/mol. The molecule has 1 aromatic carbocycles. The van der Waals surface area contributed by atoms with Crippen molar-refractivity contribution >= 4 is 23.6 Å². The zero-order valence-electron chi connectivity index (χ0n) is 12.9. The summed E-state index contributed by atoms with van der Waals surface area (Å²) in [5.41, 5.74) is 7.81. The number of rotatable bonds is 4. The number of hydrogen-bond donors (Lipinski definition) is 1. The second kappa shape index (κ2) is 6.25. The van der Waals surface area contributed by atoms with Crippen molar-refractivity contribution in [3.8, 4) is 5.75 Å². The molecule has 0 spiro atoms. The van der Waals surface area contributed by atoms with Crippen LogP contribution in [0.5, 0.6) is 5.75 Å².